The molecule has 0 aromatic carbocycles. The van der Waals surface area contributed by atoms with Gasteiger partial charge in [-0.2, -0.15) is 0 Å². The van der Waals surface area contributed by atoms with Crippen LogP contribution in [0.3, 0.4) is 0 Å². The molecule has 1 saturated heterocycles. The molecule has 1 atom stereocenters. The fraction of sp³-hybridized carbons (Fsp3) is 0.857. The molecule has 1 aromatic rings. The second kappa shape index (κ2) is 7.71. The Labute approximate surface area is 122 Å². The Hall–Kier alpha value is -0.980. The number of likely N-dealkylation sites (tertiary alicyclic amines) is 1. The van der Waals surface area contributed by atoms with Crippen molar-refractivity contribution in [3.63, 3.8) is 0 Å². The monoisotopic (exact) mass is 280 g/mol. The number of aromatic nitrogens is 3. The van der Waals surface area contributed by atoms with Crippen LogP contribution in [0.4, 0.5) is 0 Å². The Morgan fingerprint density at radius 3 is 3.05 bits per heavy atom. The van der Waals surface area contributed by atoms with E-state index in [0.29, 0.717) is 0 Å². The van der Waals surface area contributed by atoms with Gasteiger partial charge in [-0.05, 0) is 40.0 Å². The minimum atomic E-state index is 0.722. The first kappa shape index (κ1) is 15.4. The van der Waals surface area contributed by atoms with E-state index >= 15 is 0 Å². The van der Waals surface area contributed by atoms with Crippen LogP contribution in [-0.2, 0) is 13.1 Å². The molecule has 20 heavy (non-hydrogen) atoms. The van der Waals surface area contributed by atoms with Gasteiger partial charge in [0, 0.05) is 31.9 Å². The minimum Gasteiger partial charge on any atom is -0.311 e. The molecule has 0 amide bonds. The van der Waals surface area contributed by atoms with Crippen molar-refractivity contribution in [3.05, 3.63) is 11.9 Å². The van der Waals surface area contributed by atoms with Gasteiger partial charge in [0.1, 0.15) is 0 Å². The van der Waals surface area contributed by atoms with Crippen molar-refractivity contribution in [2.45, 2.75) is 38.9 Å². The topological polar surface area (TPSA) is 49.2 Å². The van der Waals surface area contributed by atoms with Crippen LogP contribution in [-0.4, -0.2) is 71.1 Å². The maximum Gasteiger partial charge on any atom is 0.0964 e. The summed E-state index contributed by atoms with van der Waals surface area (Å²) in [5, 5.41) is 11.6. The predicted octanol–water partition coefficient (Wildman–Crippen LogP) is 0.414. The van der Waals surface area contributed by atoms with E-state index in [1.807, 2.05) is 10.9 Å². The summed E-state index contributed by atoms with van der Waals surface area (Å²) < 4.78 is 1.95. The van der Waals surface area contributed by atoms with E-state index in [1.54, 1.807) is 0 Å². The zero-order chi connectivity index (χ0) is 14.4. The van der Waals surface area contributed by atoms with Gasteiger partial charge in [-0.25, -0.2) is 0 Å². The number of hydrogen-bond donors (Lipinski definition) is 1. The van der Waals surface area contributed by atoms with Gasteiger partial charge in [0.2, 0.25) is 0 Å². The highest BCUT2D eigenvalue weighted by molar-refractivity contribution is 4.91. The molecule has 6 heteroatoms. The second-order valence-electron chi connectivity index (χ2n) is 5.79. The van der Waals surface area contributed by atoms with Crippen LogP contribution in [0.1, 0.15) is 25.5 Å². The van der Waals surface area contributed by atoms with Gasteiger partial charge in [-0.3, -0.25) is 4.68 Å². The Morgan fingerprint density at radius 2 is 2.35 bits per heavy atom. The third-order valence-corrected chi connectivity index (χ3v) is 4.05. The van der Waals surface area contributed by atoms with Crippen molar-refractivity contribution in [1.82, 2.24) is 30.1 Å². The summed E-state index contributed by atoms with van der Waals surface area (Å²) in [5.74, 6) is 0. The average molecular weight is 280 g/mol. The molecule has 2 rings (SSSR count). The molecule has 0 bridgehead atoms. The molecular weight excluding hydrogens is 252 g/mol. The third-order valence-electron chi connectivity index (χ3n) is 4.05. The van der Waals surface area contributed by atoms with Crippen LogP contribution in [0.5, 0.6) is 0 Å². The lowest BCUT2D eigenvalue weighted by Gasteiger charge is -2.25. The fourth-order valence-corrected chi connectivity index (χ4v) is 2.72. The minimum absolute atomic E-state index is 0.722. The van der Waals surface area contributed by atoms with Gasteiger partial charge in [0.25, 0.3) is 0 Å². The van der Waals surface area contributed by atoms with Crippen molar-refractivity contribution in [2.24, 2.45) is 0 Å². The van der Waals surface area contributed by atoms with Crippen molar-refractivity contribution < 1.29 is 0 Å². The summed E-state index contributed by atoms with van der Waals surface area (Å²) in [6.45, 7) is 8.19. The highest BCUT2D eigenvalue weighted by Crippen LogP contribution is 2.15. The third kappa shape index (κ3) is 4.54. The van der Waals surface area contributed by atoms with Crippen LogP contribution in [0.25, 0.3) is 0 Å². The molecule has 1 N–H and O–H groups in total. The lowest BCUT2D eigenvalue weighted by molar-refractivity contribution is 0.213. The first-order valence-corrected chi connectivity index (χ1v) is 7.67. The van der Waals surface area contributed by atoms with Crippen LogP contribution >= 0.6 is 0 Å². The summed E-state index contributed by atoms with van der Waals surface area (Å²) in [7, 11) is 4.43. The molecule has 6 nitrogen and oxygen atoms in total. The van der Waals surface area contributed by atoms with Gasteiger partial charge in [-0.15, -0.1) is 5.10 Å². The zero-order valence-corrected chi connectivity index (χ0v) is 13.0. The van der Waals surface area contributed by atoms with Gasteiger partial charge < -0.3 is 15.1 Å². The highest BCUT2D eigenvalue weighted by Gasteiger charge is 2.21. The van der Waals surface area contributed by atoms with Crippen LogP contribution in [0.15, 0.2) is 6.20 Å². The standard InChI is InChI=1S/C14H28N6/c1-4-15-10-13-11-20(17-16-13)9-8-18(2)12-14-6-5-7-19(14)3/h11,14-15H,4-10,12H2,1-3H3. The van der Waals surface area contributed by atoms with Crippen LogP contribution in [0.2, 0.25) is 0 Å². The average Bonchev–Trinajstić information content (AvgIpc) is 3.04. The van der Waals surface area contributed by atoms with Gasteiger partial charge in [0.15, 0.2) is 0 Å². The van der Waals surface area contributed by atoms with E-state index in [2.05, 4.69) is 46.4 Å². The Bertz CT molecular complexity index is 391. The van der Waals surface area contributed by atoms with Crippen LogP contribution < -0.4 is 5.32 Å². The van der Waals surface area contributed by atoms with Crippen LogP contribution in [0, 0.1) is 0 Å². The SMILES string of the molecule is CCNCc1cn(CCN(C)CC2CCCN2C)nn1. The molecular formula is C14H28N6. The summed E-state index contributed by atoms with van der Waals surface area (Å²) in [6.07, 6.45) is 4.71. The largest absolute Gasteiger partial charge is 0.311 e. The molecule has 1 aromatic heterocycles. The molecule has 1 aliphatic heterocycles. The molecule has 1 aliphatic rings. The zero-order valence-electron chi connectivity index (χ0n) is 13.0. The van der Waals surface area contributed by atoms with E-state index in [4.69, 9.17) is 0 Å². The molecule has 0 saturated carbocycles. The number of hydrogen-bond acceptors (Lipinski definition) is 5. The van der Waals surface area contributed by atoms with Crippen molar-refractivity contribution in [2.75, 3.05) is 40.3 Å². The number of likely N-dealkylation sites (N-methyl/N-ethyl adjacent to an activating group) is 2. The van der Waals surface area contributed by atoms with E-state index in [-0.39, 0.29) is 0 Å². The Morgan fingerprint density at radius 1 is 1.50 bits per heavy atom. The molecule has 0 radical (unpaired) electrons. The number of nitrogens with zero attached hydrogens (tertiary/aromatic N) is 5. The first-order valence-electron chi connectivity index (χ1n) is 7.67. The molecule has 2 heterocycles. The van der Waals surface area contributed by atoms with Gasteiger partial charge in [-0.1, -0.05) is 12.1 Å². The van der Waals surface area contributed by atoms with E-state index in [1.165, 1.54) is 19.4 Å². The van der Waals surface area contributed by atoms with Gasteiger partial charge in [0.05, 0.1) is 12.2 Å². The Balaban J connectivity index is 1.69. The molecule has 114 valence electrons. The van der Waals surface area contributed by atoms with Crippen molar-refractivity contribution >= 4 is 0 Å². The lowest BCUT2D eigenvalue weighted by atomic mass is 10.2. The highest BCUT2D eigenvalue weighted by atomic mass is 15.4. The predicted molar refractivity (Wildman–Crippen MR) is 80.6 cm³/mol. The van der Waals surface area contributed by atoms with E-state index < -0.39 is 0 Å². The maximum atomic E-state index is 4.18. The summed E-state index contributed by atoms with van der Waals surface area (Å²) in [4.78, 5) is 4.87. The maximum absolute atomic E-state index is 4.18. The first-order chi connectivity index (χ1) is 9.69. The molecule has 0 spiro atoms. The quantitative estimate of drug-likeness (QED) is 0.747. The van der Waals surface area contributed by atoms with Crippen molar-refractivity contribution in [1.29, 1.82) is 0 Å². The Kier molecular flexibility index (Phi) is 5.94. The molecule has 0 aliphatic carbocycles. The smallest absolute Gasteiger partial charge is 0.0964 e. The molecule has 1 fully saturated rings. The summed E-state index contributed by atoms with van der Waals surface area (Å²) in [5.41, 5.74) is 1.02. The molecule has 1 unspecified atom stereocenters. The van der Waals surface area contributed by atoms with Gasteiger partial charge >= 0.3 is 0 Å². The lowest BCUT2D eigenvalue weighted by Crippen LogP contribution is -2.37. The second-order valence-corrected chi connectivity index (χ2v) is 5.79. The summed E-state index contributed by atoms with van der Waals surface area (Å²) >= 11 is 0. The van der Waals surface area contributed by atoms with Crippen molar-refractivity contribution in [3.8, 4) is 0 Å². The normalized spacial score (nSPS) is 20.1. The van der Waals surface area contributed by atoms with E-state index in [0.717, 1.165) is 44.5 Å². The number of nitrogens with one attached hydrogen (secondary N) is 1. The van der Waals surface area contributed by atoms with E-state index in [9.17, 15) is 0 Å². The fourth-order valence-electron chi connectivity index (χ4n) is 2.72. The summed E-state index contributed by atoms with van der Waals surface area (Å²) in [6, 6.07) is 0.722. The number of rotatable bonds is 8.